The van der Waals surface area contributed by atoms with E-state index >= 15 is 0 Å². The van der Waals surface area contributed by atoms with Crippen LogP contribution in [0, 0.1) is 75.1 Å². The molecule has 0 aliphatic carbocycles. The van der Waals surface area contributed by atoms with Crippen molar-refractivity contribution in [3.8, 4) is 11.8 Å². The second kappa shape index (κ2) is 40.1. The van der Waals surface area contributed by atoms with Crippen LogP contribution >= 0.6 is 0 Å². The van der Waals surface area contributed by atoms with Crippen LogP contribution in [0.4, 0.5) is 14.5 Å². The molecule has 0 radical (unpaired) electrons. The van der Waals surface area contributed by atoms with E-state index in [0.29, 0.717) is 24.8 Å². The summed E-state index contributed by atoms with van der Waals surface area (Å²) in [6, 6.07) is 38.3. The normalized spacial score (nSPS) is 21.2. The number of para-hydroxylation sites is 1. The van der Waals surface area contributed by atoms with Crippen molar-refractivity contribution in [2.24, 2.45) is 0 Å². The fourth-order valence-electron chi connectivity index (χ4n) is 15.0. The van der Waals surface area contributed by atoms with E-state index in [1.165, 1.54) is 30.7 Å². The van der Waals surface area contributed by atoms with Crippen LogP contribution < -0.4 is 16.7 Å². The predicted molar refractivity (Wildman–Crippen MR) is 467 cm³/mol. The Morgan fingerprint density at radius 3 is 1.57 bits per heavy atom. The van der Waals surface area contributed by atoms with E-state index in [9.17, 15) is 53.7 Å². The number of aliphatic hydroxyl groups excluding tert-OH is 8. The van der Waals surface area contributed by atoms with Crippen LogP contribution in [0.1, 0.15) is 172 Å². The Bertz CT molecular complexity index is 5850. The number of halogens is 2. The van der Waals surface area contributed by atoms with Gasteiger partial charge in [0, 0.05) is 125 Å². The van der Waals surface area contributed by atoms with Crippen molar-refractivity contribution in [3.05, 3.63) is 268 Å². The number of nitro benzene ring substituents is 1. The van der Waals surface area contributed by atoms with Crippen molar-refractivity contribution in [2.45, 2.75) is 234 Å². The molecule has 8 N–H and O–H groups in total. The zero-order valence-corrected chi connectivity index (χ0v) is 70.8. The Hall–Kier alpha value is -10.4. The molecule has 10 heterocycles. The highest BCUT2D eigenvalue weighted by atomic mass is 19.1. The molecule has 0 bridgehead atoms. The Labute approximate surface area is 703 Å². The topological polar surface area (TPSA) is 336 Å². The molecule has 12 aromatic rings. The highest BCUT2D eigenvalue weighted by Crippen LogP contribution is 2.38. The van der Waals surface area contributed by atoms with E-state index in [1.54, 1.807) is 38.4 Å². The number of fused-ring (bicyclic) bond motifs is 5. The van der Waals surface area contributed by atoms with E-state index < -0.39 is 71.5 Å². The van der Waals surface area contributed by atoms with Crippen LogP contribution in [0.5, 0.6) is 0 Å². The molecule has 27 heteroatoms. The molecule has 6 aromatic heterocycles. The van der Waals surface area contributed by atoms with Crippen molar-refractivity contribution in [2.75, 3.05) is 26.4 Å². The quantitative estimate of drug-likeness (QED) is 0.0378. The fraction of sp³-hybridized carbons (Fsp3) is 0.426. The van der Waals surface area contributed by atoms with Crippen LogP contribution in [0.2, 0.25) is 0 Å². The molecule has 16 rings (SSSR count). The van der Waals surface area contributed by atoms with Gasteiger partial charge in [0.1, 0.15) is 54.7 Å². The Kier molecular flexibility index (Phi) is 31.3. The molecule has 0 saturated carbocycles. The summed E-state index contributed by atoms with van der Waals surface area (Å²) in [6.07, 6.45) is 8.26. The molecule has 0 amide bonds. The van der Waals surface area contributed by atoms with Crippen LogP contribution in [0.3, 0.4) is 0 Å². The standard InChI is InChI=1S/C17H19NO.2C14H17NO.C13H14N2O5.C13H16N2O3.C12H14F2O3.C10H15NO3.CH4/c1-6-8-13-11-18(17(3,4)5)16(19)15-12(2)9-7-10-14(13)15;1-10-5-6-12-11(9-10)7-8-15(13(12)16)14(2,3)4;1-10-6-5-7-11-8-9-15(14(2,3)4)13(16)12(10)11;16-7-12-11(17)6-13(20-12)14-4-3-8-5-9(15(18)19)1-2-10(8)14;1-8-3-2-4-9-13(8)14-7-15(9)12-5-10(17)11(6-16)18-12;1-6-2-7(9(14)3-8(6)13)11-4-10(16)12(5-15)17-11;1-7-2-3-11(5-7)10-4-8(13)9(6-12)14-10;/h7,9-11H,1-5H3;2*5-9H,1-4H3;1-5,11-13,16-17H,6-7H2;2-4,7,10-12,16-17H,5-6H2,1H3;2-3,10-12,15-16H,4-5H2,1H3;2-3,5,8-10,12-13H,4,6H2,1H3;1H4/t;;;11-,12-,13-;2*10-,11-,12-;8-,9-,10-;/m...1111./s1. The number of nitro groups is 1. The molecule has 4 aliphatic rings. The third-order valence-electron chi connectivity index (χ3n) is 21.6. The van der Waals surface area contributed by atoms with E-state index in [1.807, 2.05) is 240 Å². The van der Waals surface area contributed by atoms with Crippen LogP contribution in [-0.2, 0) is 35.6 Å². The summed E-state index contributed by atoms with van der Waals surface area (Å²) in [6.45, 7) is 30.8. The van der Waals surface area contributed by atoms with Gasteiger partial charge in [-0.3, -0.25) is 24.5 Å². The molecule has 4 aliphatic heterocycles. The maximum Gasteiger partial charge on any atom is 0.270 e. The first-order chi connectivity index (χ1) is 56.7. The van der Waals surface area contributed by atoms with E-state index in [-0.39, 0.29) is 104 Å². The van der Waals surface area contributed by atoms with E-state index in [4.69, 9.17) is 39.4 Å². The maximum atomic E-state index is 13.6. The van der Waals surface area contributed by atoms with Gasteiger partial charge in [0.2, 0.25) is 0 Å². The van der Waals surface area contributed by atoms with Crippen molar-refractivity contribution < 1.29 is 73.5 Å². The Morgan fingerprint density at radius 2 is 1.01 bits per heavy atom. The summed E-state index contributed by atoms with van der Waals surface area (Å²) in [5.74, 6) is 4.74. The zero-order chi connectivity index (χ0) is 87.7. The first-order valence-electron chi connectivity index (χ1n) is 40.1. The summed E-state index contributed by atoms with van der Waals surface area (Å²) in [7, 11) is 0. The van der Waals surface area contributed by atoms with Crippen LogP contribution in [0.25, 0.3) is 54.3 Å². The Morgan fingerprint density at radius 1 is 0.488 bits per heavy atom. The molecule has 25 nitrogen and oxygen atoms in total. The molecular weight excluding hydrogens is 1550 g/mol. The number of aromatic nitrogens is 7. The van der Waals surface area contributed by atoms with Gasteiger partial charge in [-0.05, 0) is 198 Å². The Balaban J connectivity index is 0.000000161. The number of hydrogen-bond donors (Lipinski definition) is 8. The van der Waals surface area contributed by atoms with Crippen molar-refractivity contribution in [1.29, 1.82) is 0 Å². The monoisotopic (exact) mass is 1670 g/mol. The largest absolute Gasteiger partial charge is 0.394 e. The molecule has 12 atom stereocenters. The minimum Gasteiger partial charge on any atom is -0.394 e. The molecule has 4 fully saturated rings. The summed E-state index contributed by atoms with van der Waals surface area (Å²) in [5, 5.41) is 91.5. The minimum atomic E-state index is -0.824. The number of ether oxygens (including phenoxy) is 4. The predicted octanol–water partition coefficient (Wildman–Crippen LogP) is 14.3. The summed E-state index contributed by atoms with van der Waals surface area (Å²) in [5.41, 5.74) is 9.38. The van der Waals surface area contributed by atoms with Gasteiger partial charge >= 0.3 is 0 Å². The first kappa shape index (κ1) is 94.4. The lowest BCUT2D eigenvalue weighted by atomic mass is 10.0. The summed E-state index contributed by atoms with van der Waals surface area (Å²) in [4.78, 5) is 52.0. The highest BCUT2D eigenvalue weighted by Gasteiger charge is 2.39. The SMILES string of the molecule is C.CC#Cc1cn(C(C)(C)C)c(=O)c2c(C)cccc12.Cc1cc([C@H]2C[C@@H](O)[C@@H](CO)O2)c(F)cc1F.Cc1ccc2c(=O)n(C(C)(C)C)ccc2c1.Cc1cccc2c1ncn2[C@H]1C[C@@H](O)[C@@H](CO)O1.Cc1cccc2ccn(C(C)(C)C)c(=O)c12.Cc1ccn([C@H]2C[C@@H](O)[C@@H](CO)O2)c1.O=[N+]([O-])c1ccc2c(ccn2[C@H]2C[C@@H](O)[C@@H](CO)O2)c1. The van der Waals surface area contributed by atoms with E-state index in [0.717, 1.165) is 88.1 Å². The lowest BCUT2D eigenvalue weighted by molar-refractivity contribution is -0.384. The average molecular weight is 1670 g/mol. The lowest BCUT2D eigenvalue weighted by Crippen LogP contribution is -2.34. The van der Waals surface area contributed by atoms with Gasteiger partial charge in [0.05, 0.1) is 95.5 Å². The van der Waals surface area contributed by atoms with Gasteiger partial charge in [-0.15, -0.1) is 5.92 Å². The average Bonchev–Trinajstić information content (AvgIpc) is 1.65. The number of imidazole rings is 1. The van der Waals surface area contributed by atoms with E-state index in [2.05, 4.69) is 16.8 Å². The minimum absolute atomic E-state index is 0. The number of aliphatic hydroxyl groups is 8. The number of nitrogens with zero attached hydrogens (tertiary/aromatic N) is 8. The molecule has 0 spiro atoms. The third kappa shape index (κ3) is 22.1. The van der Waals surface area contributed by atoms with Gasteiger partial charge in [-0.1, -0.05) is 79.6 Å². The molecular formula is C94H116F2N8O17. The van der Waals surface area contributed by atoms with Crippen molar-refractivity contribution in [3.63, 3.8) is 0 Å². The van der Waals surface area contributed by atoms with Crippen molar-refractivity contribution in [1.82, 2.24) is 32.4 Å². The molecule has 4 saturated heterocycles. The van der Waals surface area contributed by atoms with Gasteiger partial charge < -0.3 is 87.2 Å². The number of benzene rings is 6. The molecule has 0 unspecified atom stereocenters. The number of non-ortho nitro benzene ring substituents is 1. The smallest absolute Gasteiger partial charge is 0.270 e. The number of pyridine rings is 3. The second-order valence-electron chi connectivity index (χ2n) is 33.8. The molecule has 121 heavy (non-hydrogen) atoms. The maximum absolute atomic E-state index is 13.6. The number of rotatable bonds is 9. The summed E-state index contributed by atoms with van der Waals surface area (Å²) >= 11 is 0. The van der Waals surface area contributed by atoms with Crippen LogP contribution in [-0.4, -0.2) is 153 Å². The van der Waals surface area contributed by atoms with Gasteiger partial charge in [-0.25, -0.2) is 13.8 Å². The number of aryl methyl sites for hydroxylation is 6. The second-order valence-corrected chi connectivity index (χ2v) is 33.8. The van der Waals surface area contributed by atoms with Gasteiger partial charge in [0.15, 0.2) is 0 Å². The lowest BCUT2D eigenvalue weighted by Gasteiger charge is -2.23. The molecule has 6 aromatic carbocycles. The molecule has 648 valence electrons. The van der Waals surface area contributed by atoms with Crippen molar-refractivity contribution >= 4 is 59.9 Å². The fourth-order valence-corrected chi connectivity index (χ4v) is 15.0. The zero-order valence-electron chi connectivity index (χ0n) is 70.8. The first-order valence-corrected chi connectivity index (χ1v) is 40.1. The van der Waals surface area contributed by atoms with Gasteiger partial charge in [-0.2, -0.15) is 0 Å². The van der Waals surface area contributed by atoms with Crippen LogP contribution in [0.15, 0.2) is 185 Å². The number of hydrogen-bond acceptors (Lipinski definition) is 18. The highest BCUT2D eigenvalue weighted by molar-refractivity contribution is 5.90. The van der Waals surface area contributed by atoms with Gasteiger partial charge in [0.25, 0.3) is 22.4 Å². The summed E-state index contributed by atoms with van der Waals surface area (Å²) < 4.78 is 59.7. The third-order valence-corrected chi connectivity index (χ3v) is 21.6.